The molecule has 0 fully saturated rings. The molecule has 0 aromatic carbocycles. The minimum absolute atomic E-state index is 0.0510. The molecular weight excluding hydrogens is 156 g/mol. The molecular formula is C9H10O3. The highest BCUT2D eigenvalue weighted by Crippen LogP contribution is 2.19. The van der Waals surface area contributed by atoms with Gasteiger partial charge >= 0.3 is 5.97 Å². The van der Waals surface area contributed by atoms with Crippen molar-refractivity contribution in [2.45, 2.75) is 19.3 Å². The van der Waals surface area contributed by atoms with Crippen LogP contribution < -0.4 is 0 Å². The highest BCUT2D eigenvalue weighted by atomic mass is 16.4. The number of carbonyl (C=O) groups excluding carboxylic acids is 1. The van der Waals surface area contributed by atoms with Gasteiger partial charge in [0.15, 0.2) is 0 Å². The molecule has 0 amide bonds. The SMILES string of the molecule is O=CC1=CCCC=C1CC(=O)O. The number of allylic oxidation sites excluding steroid dienone is 3. The molecule has 3 heteroatoms. The van der Waals surface area contributed by atoms with Crippen LogP contribution in [0.2, 0.25) is 0 Å². The van der Waals surface area contributed by atoms with Gasteiger partial charge in [-0.05, 0) is 18.4 Å². The van der Waals surface area contributed by atoms with E-state index in [0.717, 1.165) is 12.8 Å². The molecule has 0 unspecified atom stereocenters. The number of rotatable bonds is 3. The molecule has 64 valence electrons. The quantitative estimate of drug-likeness (QED) is 0.643. The molecule has 1 N–H and O–H groups in total. The van der Waals surface area contributed by atoms with Gasteiger partial charge in [0.1, 0.15) is 6.29 Å². The van der Waals surface area contributed by atoms with E-state index in [4.69, 9.17) is 5.11 Å². The van der Waals surface area contributed by atoms with Gasteiger partial charge in [-0.3, -0.25) is 9.59 Å². The fraction of sp³-hybridized carbons (Fsp3) is 0.333. The average molecular weight is 166 g/mol. The van der Waals surface area contributed by atoms with Crippen molar-refractivity contribution in [3.05, 3.63) is 23.3 Å². The maximum Gasteiger partial charge on any atom is 0.307 e. The molecule has 1 aliphatic rings. The van der Waals surface area contributed by atoms with Crippen molar-refractivity contribution in [1.82, 2.24) is 0 Å². The standard InChI is InChI=1S/C9H10O3/c10-6-8-4-2-1-3-7(8)5-9(11)12/h3-4,6H,1-2,5H2,(H,11,12). The normalized spacial score (nSPS) is 16.3. The summed E-state index contributed by atoms with van der Waals surface area (Å²) < 4.78 is 0. The van der Waals surface area contributed by atoms with Crippen molar-refractivity contribution < 1.29 is 14.7 Å². The number of hydrogen-bond acceptors (Lipinski definition) is 2. The van der Waals surface area contributed by atoms with Crippen molar-refractivity contribution in [1.29, 1.82) is 0 Å². The molecule has 0 saturated carbocycles. The minimum Gasteiger partial charge on any atom is -0.481 e. The van der Waals surface area contributed by atoms with Gasteiger partial charge in [-0.1, -0.05) is 12.2 Å². The Bertz CT molecular complexity index is 261. The molecule has 0 saturated heterocycles. The summed E-state index contributed by atoms with van der Waals surface area (Å²) in [7, 11) is 0. The molecule has 0 aromatic rings. The zero-order chi connectivity index (χ0) is 8.97. The van der Waals surface area contributed by atoms with E-state index in [1.807, 2.05) is 6.08 Å². The summed E-state index contributed by atoms with van der Waals surface area (Å²) in [6, 6.07) is 0. The molecule has 1 aliphatic carbocycles. The van der Waals surface area contributed by atoms with Crippen molar-refractivity contribution in [3.8, 4) is 0 Å². The van der Waals surface area contributed by atoms with Crippen LogP contribution >= 0.6 is 0 Å². The molecule has 0 heterocycles. The Balaban J connectivity index is 2.73. The fourth-order valence-electron chi connectivity index (χ4n) is 1.21. The molecule has 12 heavy (non-hydrogen) atoms. The second kappa shape index (κ2) is 3.85. The van der Waals surface area contributed by atoms with Crippen molar-refractivity contribution in [2.75, 3.05) is 0 Å². The number of carboxylic acids is 1. The predicted molar refractivity (Wildman–Crippen MR) is 43.7 cm³/mol. The third kappa shape index (κ3) is 2.05. The van der Waals surface area contributed by atoms with Crippen LogP contribution in [0.3, 0.4) is 0 Å². The zero-order valence-electron chi connectivity index (χ0n) is 6.62. The van der Waals surface area contributed by atoms with Gasteiger partial charge in [-0.2, -0.15) is 0 Å². The van der Waals surface area contributed by atoms with E-state index < -0.39 is 5.97 Å². The minimum atomic E-state index is -0.893. The number of carboxylic acid groups (broad SMARTS) is 1. The van der Waals surface area contributed by atoms with E-state index in [-0.39, 0.29) is 6.42 Å². The highest BCUT2D eigenvalue weighted by molar-refractivity contribution is 5.84. The lowest BCUT2D eigenvalue weighted by Crippen LogP contribution is -2.03. The first-order valence-electron chi connectivity index (χ1n) is 3.80. The highest BCUT2D eigenvalue weighted by Gasteiger charge is 2.10. The number of aliphatic carboxylic acids is 1. The van der Waals surface area contributed by atoms with Crippen LogP contribution in [0.1, 0.15) is 19.3 Å². The van der Waals surface area contributed by atoms with Gasteiger partial charge in [-0.15, -0.1) is 0 Å². The van der Waals surface area contributed by atoms with Gasteiger partial charge in [0.25, 0.3) is 0 Å². The summed E-state index contributed by atoms with van der Waals surface area (Å²) in [6.07, 6.45) is 5.93. The summed E-state index contributed by atoms with van der Waals surface area (Å²) in [5.74, 6) is -0.893. The molecule has 0 bridgehead atoms. The monoisotopic (exact) mass is 166 g/mol. The predicted octanol–water partition coefficient (Wildman–Crippen LogP) is 1.31. The Morgan fingerprint density at radius 2 is 2.17 bits per heavy atom. The number of aldehydes is 1. The van der Waals surface area contributed by atoms with Crippen molar-refractivity contribution in [3.63, 3.8) is 0 Å². The Hall–Kier alpha value is -1.38. The first-order chi connectivity index (χ1) is 5.74. The first-order valence-corrected chi connectivity index (χ1v) is 3.80. The summed E-state index contributed by atoms with van der Waals surface area (Å²) in [5, 5.41) is 8.50. The van der Waals surface area contributed by atoms with E-state index in [0.29, 0.717) is 17.4 Å². The lowest BCUT2D eigenvalue weighted by atomic mass is 9.96. The van der Waals surface area contributed by atoms with Crippen molar-refractivity contribution >= 4 is 12.3 Å². The smallest absolute Gasteiger partial charge is 0.307 e. The summed E-state index contributed by atoms with van der Waals surface area (Å²) in [4.78, 5) is 20.8. The molecule has 0 spiro atoms. The second-order valence-corrected chi connectivity index (χ2v) is 2.65. The van der Waals surface area contributed by atoms with Gasteiger partial charge in [0.05, 0.1) is 6.42 Å². The topological polar surface area (TPSA) is 54.4 Å². The lowest BCUT2D eigenvalue weighted by molar-refractivity contribution is -0.136. The number of carbonyl (C=O) groups is 2. The lowest BCUT2D eigenvalue weighted by Gasteiger charge is -2.08. The van der Waals surface area contributed by atoms with Gasteiger partial charge in [0, 0.05) is 5.57 Å². The Kier molecular flexibility index (Phi) is 2.80. The van der Waals surface area contributed by atoms with Crippen LogP contribution in [0.25, 0.3) is 0 Å². The van der Waals surface area contributed by atoms with Gasteiger partial charge in [-0.25, -0.2) is 0 Å². The molecule has 1 rings (SSSR count). The third-order valence-electron chi connectivity index (χ3n) is 1.76. The first kappa shape index (κ1) is 8.71. The zero-order valence-corrected chi connectivity index (χ0v) is 6.62. The van der Waals surface area contributed by atoms with E-state index in [1.165, 1.54) is 0 Å². The summed E-state index contributed by atoms with van der Waals surface area (Å²) in [5.41, 5.74) is 1.17. The van der Waals surface area contributed by atoms with E-state index in [2.05, 4.69) is 0 Å². The number of hydrogen-bond donors (Lipinski definition) is 1. The fourth-order valence-corrected chi connectivity index (χ4v) is 1.21. The van der Waals surface area contributed by atoms with Crippen molar-refractivity contribution in [2.24, 2.45) is 0 Å². The third-order valence-corrected chi connectivity index (χ3v) is 1.76. The summed E-state index contributed by atoms with van der Waals surface area (Å²) >= 11 is 0. The molecule has 3 nitrogen and oxygen atoms in total. The van der Waals surface area contributed by atoms with E-state index in [9.17, 15) is 9.59 Å². The van der Waals surface area contributed by atoms with Gasteiger partial charge in [0.2, 0.25) is 0 Å². The Labute approximate surface area is 70.4 Å². The van der Waals surface area contributed by atoms with Gasteiger partial charge < -0.3 is 5.11 Å². The van der Waals surface area contributed by atoms with Crippen LogP contribution in [-0.2, 0) is 9.59 Å². The van der Waals surface area contributed by atoms with Crippen LogP contribution in [0.4, 0.5) is 0 Å². The van der Waals surface area contributed by atoms with Crippen LogP contribution in [-0.4, -0.2) is 17.4 Å². The average Bonchev–Trinajstić information content (AvgIpc) is 2.04. The largest absolute Gasteiger partial charge is 0.481 e. The maximum absolute atomic E-state index is 10.4. The van der Waals surface area contributed by atoms with E-state index >= 15 is 0 Å². The molecule has 0 radical (unpaired) electrons. The Morgan fingerprint density at radius 1 is 1.50 bits per heavy atom. The van der Waals surface area contributed by atoms with Crippen LogP contribution in [0.5, 0.6) is 0 Å². The second-order valence-electron chi connectivity index (χ2n) is 2.65. The van der Waals surface area contributed by atoms with E-state index in [1.54, 1.807) is 6.08 Å². The maximum atomic E-state index is 10.4. The van der Waals surface area contributed by atoms with Crippen LogP contribution in [0.15, 0.2) is 23.3 Å². The van der Waals surface area contributed by atoms with Crippen LogP contribution in [0, 0.1) is 0 Å². The molecule has 0 atom stereocenters. The Morgan fingerprint density at radius 3 is 2.75 bits per heavy atom. The molecule has 0 aliphatic heterocycles. The molecule has 0 aromatic heterocycles. The summed E-state index contributed by atoms with van der Waals surface area (Å²) in [6.45, 7) is 0.